The molecular formula is C33H28FN7O. The molecule has 9 heteroatoms. The van der Waals surface area contributed by atoms with Gasteiger partial charge in [-0.3, -0.25) is 9.47 Å². The summed E-state index contributed by atoms with van der Waals surface area (Å²) in [5, 5.41) is 12.5. The number of imidazole rings is 1. The van der Waals surface area contributed by atoms with Crippen LogP contribution in [0.25, 0.3) is 33.9 Å². The minimum atomic E-state index is -0.326. The van der Waals surface area contributed by atoms with Crippen molar-refractivity contribution in [3.8, 4) is 45.7 Å². The lowest BCUT2D eigenvalue weighted by molar-refractivity contribution is 0.211. The van der Waals surface area contributed by atoms with E-state index in [1.807, 2.05) is 24.3 Å². The molecule has 3 aromatic carbocycles. The van der Waals surface area contributed by atoms with Crippen molar-refractivity contribution in [2.24, 2.45) is 0 Å². The summed E-state index contributed by atoms with van der Waals surface area (Å²) in [7, 11) is 0. The maximum atomic E-state index is 13.9. The Labute approximate surface area is 243 Å². The van der Waals surface area contributed by atoms with Gasteiger partial charge >= 0.3 is 0 Å². The van der Waals surface area contributed by atoms with Crippen molar-refractivity contribution in [2.45, 2.75) is 32.2 Å². The zero-order chi connectivity index (χ0) is 28.5. The third-order valence-electron chi connectivity index (χ3n) is 7.88. The van der Waals surface area contributed by atoms with Crippen molar-refractivity contribution >= 4 is 5.82 Å². The molecule has 0 radical (unpaired) electrons. The number of fused-ring (bicyclic) bond motifs is 3. The molecule has 0 bridgehead atoms. The Bertz CT molecular complexity index is 1770. The van der Waals surface area contributed by atoms with Gasteiger partial charge in [0.2, 0.25) is 5.82 Å². The van der Waals surface area contributed by atoms with Crippen molar-refractivity contribution < 1.29 is 9.13 Å². The van der Waals surface area contributed by atoms with Gasteiger partial charge in [0.1, 0.15) is 29.3 Å². The number of anilines is 1. The van der Waals surface area contributed by atoms with Gasteiger partial charge in [0, 0.05) is 49.1 Å². The minimum Gasteiger partial charge on any atom is -0.472 e. The maximum Gasteiger partial charge on any atom is 0.234 e. The number of piperidine rings is 1. The quantitative estimate of drug-likeness (QED) is 0.269. The van der Waals surface area contributed by atoms with E-state index < -0.39 is 0 Å². The number of hydrogen-bond acceptors (Lipinski definition) is 7. The average molecular weight is 558 g/mol. The van der Waals surface area contributed by atoms with Crippen LogP contribution in [0, 0.1) is 17.1 Å². The first-order valence-corrected chi connectivity index (χ1v) is 14.0. The second kappa shape index (κ2) is 11.1. The number of nitrogens with one attached hydrogen (secondary N) is 1. The Hall–Kier alpha value is -5.07. The van der Waals surface area contributed by atoms with Gasteiger partial charge < -0.3 is 10.1 Å². The standard InChI is InChI=1S/C33H28FN7O/c34-25-10-11-27-28(18-25)42-21-41-32(24-4-2-1-3-5-24)31(39-33(27)41)23-8-6-22(7-9-23)20-40-16-13-26(14-17-40)37-29-12-15-36-30(19-35)38-29/h1-12,15,18,26H,13-14,16-17,20-21H2,(H,36,37,38). The molecule has 2 aliphatic rings. The van der Waals surface area contributed by atoms with Crippen LogP contribution in [-0.2, 0) is 13.3 Å². The van der Waals surface area contributed by atoms with Gasteiger partial charge in [-0.15, -0.1) is 0 Å². The molecule has 0 saturated carbocycles. The zero-order valence-corrected chi connectivity index (χ0v) is 22.9. The van der Waals surface area contributed by atoms with E-state index in [9.17, 15) is 4.39 Å². The van der Waals surface area contributed by atoms with Crippen LogP contribution in [0.5, 0.6) is 5.75 Å². The molecule has 8 nitrogen and oxygen atoms in total. The van der Waals surface area contributed by atoms with Crippen LogP contribution in [0.2, 0.25) is 0 Å². The Kier molecular flexibility index (Phi) is 6.82. The van der Waals surface area contributed by atoms with Crippen LogP contribution in [0.1, 0.15) is 24.2 Å². The zero-order valence-electron chi connectivity index (χ0n) is 22.9. The molecule has 5 aromatic rings. The third-order valence-corrected chi connectivity index (χ3v) is 7.88. The molecule has 0 aliphatic carbocycles. The Morgan fingerprint density at radius 1 is 0.952 bits per heavy atom. The lowest BCUT2D eigenvalue weighted by Gasteiger charge is -2.32. The topological polar surface area (TPSA) is 91.9 Å². The molecule has 2 aromatic heterocycles. The third kappa shape index (κ3) is 5.08. The first-order valence-electron chi connectivity index (χ1n) is 14.0. The van der Waals surface area contributed by atoms with E-state index in [4.69, 9.17) is 15.0 Å². The van der Waals surface area contributed by atoms with Gasteiger partial charge in [0.05, 0.1) is 17.0 Å². The summed E-state index contributed by atoms with van der Waals surface area (Å²) in [6.45, 7) is 3.09. The first-order chi connectivity index (χ1) is 20.6. The van der Waals surface area contributed by atoms with E-state index in [0.29, 0.717) is 17.6 Å². The molecule has 1 N–H and O–H groups in total. The number of likely N-dealkylation sites (tertiary alicyclic amines) is 1. The fraction of sp³-hybridized carbons (Fsp3) is 0.212. The molecule has 4 heterocycles. The summed E-state index contributed by atoms with van der Waals surface area (Å²) in [4.78, 5) is 15.7. The highest BCUT2D eigenvalue weighted by Gasteiger charge is 2.27. The number of nitrogens with zero attached hydrogens (tertiary/aromatic N) is 6. The Morgan fingerprint density at radius 2 is 1.76 bits per heavy atom. The van der Waals surface area contributed by atoms with Gasteiger partial charge in [-0.25, -0.2) is 19.3 Å². The molecule has 0 amide bonds. The fourth-order valence-corrected chi connectivity index (χ4v) is 5.77. The largest absolute Gasteiger partial charge is 0.472 e. The summed E-state index contributed by atoms with van der Waals surface area (Å²) in [5.74, 6) is 1.84. The summed E-state index contributed by atoms with van der Waals surface area (Å²) in [6, 6.07) is 27.5. The van der Waals surface area contributed by atoms with Crippen molar-refractivity contribution in [2.75, 3.05) is 18.4 Å². The number of hydrogen-bond donors (Lipinski definition) is 1. The van der Waals surface area contributed by atoms with E-state index in [-0.39, 0.29) is 18.4 Å². The predicted molar refractivity (Wildman–Crippen MR) is 158 cm³/mol. The van der Waals surface area contributed by atoms with Crippen molar-refractivity contribution in [3.05, 3.63) is 102 Å². The molecule has 1 fully saturated rings. The molecular weight excluding hydrogens is 529 g/mol. The first kappa shape index (κ1) is 25.9. The molecule has 2 aliphatic heterocycles. The van der Waals surface area contributed by atoms with Crippen LogP contribution >= 0.6 is 0 Å². The predicted octanol–water partition coefficient (Wildman–Crippen LogP) is 6.11. The number of ether oxygens (including phenoxy) is 1. The summed E-state index contributed by atoms with van der Waals surface area (Å²) in [6.07, 6.45) is 3.61. The molecule has 0 spiro atoms. The van der Waals surface area contributed by atoms with E-state index >= 15 is 0 Å². The Morgan fingerprint density at radius 3 is 2.55 bits per heavy atom. The molecule has 208 valence electrons. The monoisotopic (exact) mass is 557 g/mol. The van der Waals surface area contributed by atoms with Gasteiger partial charge in [-0.05, 0) is 36.6 Å². The summed E-state index contributed by atoms with van der Waals surface area (Å²) in [5.41, 5.74) is 5.95. The highest BCUT2D eigenvalue weighted by atomic mass is 19.1. The van der Waals surface area contributed by atoms with E-state index in [1.54, 1.807) is 18.3 Å². The summed E-state index contributed by atoms with van der Waals surface area (Å²) < 4.78 is 21.9. The number of aromatic nitrogens is 4. The van der Waals surface area contributed by atoms with Gasteiger partial charge in [0.15, 0.2) is 6.73 Å². The van der Waals surface area contributed by atoms with Crippen molar-refractivity contribution in [3.63, 3.8) is 0 Å². The van der Waals surface area contributed by atoms with Crippen LogP contribution in [0.4, 0.5) is 10.2 Å². The van der Waals surface area contributed by atoms with E-state index in [0.717, 1.165) is 66.4 Å². The lowest BCUT2D eigenvalue weighted by Crippen LogP contribution is -2.38. The van der Waals surface area contributed by atoms with Crippen LogP contribution < -0.4 is 10.1 Å². The number of benzene rings is 3. The number of halogens is 1. The average Bonchev–Trinajstić information content (AvgIpc) is 3.43. The van der Waals surface area contributed by atoms with Crippen molar-refractivity contribution in [1.29, 1.82) is 5.26 Å². The molecule has 1 saturated heterocycles. The Balaban J connectivity index is 1.09. The molecule has 7 rings (SSSR count). The smallest absolute Gasteiger partial charge is 0.234 e. The van der Waals surface area contributed by atoms with Crippen molar-refractivity contribution in [1.82, 2.24) is 24.4 Å². The fourth-order valence-electron chi connectivity index (χ4n) is 5.77. The van der Waals surface area contributed by atoms with E-state index in [2.05, 4.69) is 61.1 Å². The molecule has 0 atom stereocenters. The van der Waals surface area contributed by atoms with Crippen LogP contribution in [0.3, 0.4) is 0 Å². The lowest BCUT2D eigenvalue weighted by atomic mass is 10.0. The van der Waals surface area contributed by atoms with Gasteiger partial charge in [-0.1, -0.05) is 54.6 Å². The highest BCUT2D eigenvalue weighted by Crippen LogP contribution is 2.41. The number of nitriles is 1. The van der Waals surface area contributed by atoms with Crippen LogP contribution in [0.15, 0.2) is 85.1 Å². The SMILES string of the molecule is N#Cc1nccc(NC2CCN(Cc3ccc(-c4nc5n(c4-c4ccccc4)COc4cc(F)ccc4-5)cc3)CC2)n1. The normalized spacial score (nSPS) is 14.9. The highest BCUT2D eigenvalue weighted by molar-refractivity contribution is 5.83. The van der Waals surface area contributed by atoms with Gasteiger partial charge in [-0.2, -0.15) is 5.26 Å². The second-order valence-electron chi connectivity index (χ2n) is 10.6. The molecule has 0 unspecified atom stereocenters. The summed E-state index contributed by atoms with van der Waals surface area (Å²) >= 11 is 0. The number of rotatable bonds is 6. The molecule has 42 heavy (non-hydrogen) atoms. The van der Waals surface area contributed by atoms with E-state index in [1.165, 1.54) is 17.7 Å². The maximum absolute atomic E-state index is 13.9. The van der Waals surface area contributed by atoms with Crippen LogP contribution in [-0.4, -0.2) is 43.6 Å². The second-order valence-corrected chi connectivity index (χ2v) is 10.6. The minimum absolute atomic E-state index is 0.182. The van der Waals surface area contributed by atoms with Gasteiger partial charge in [0.25, 0.3) is 0 Å².